The van der Waals surface area contributed by atoms with Crippen molar-refractivity contribution >= 4 is 15.9 Å². The quantitative estimate of drug-likeness (QED) is 0.863. The predicted octanol–water partition coefficient (Wildman–Crippen LogP) is 1.84. The van der Waals surface area contributed by atoms with Crippen LogP contribution in [0, 0.1) is 0 Å². The first-order chi connectivity index (χ1) is 12.4. The molecule has 1 aliphatic rings. The maximum Gasteiger partial charge on any atom is 0.317 e. The fraction of sp³-hybridized carbons (Fsp3) is 0.444. The van der Waals surface area contributed by atoms with E-state index in [0.29, 0.717) is 19.4 Å². The second kappa shape index (κ2) is 7.90. The van der Waals surface area contributed by atoms with Crippen LogP contribution < -0.4 is 5.32 Å². The molecule has 2 heterocycles. The summed E-state index contributed by atoms with van der Waals surface area (Å²) in [5.41, 5.74) is 0.996. The zero-order valence-electron chi connectivity index (χ0n) is 14.8. The van der Waals surface area contributed by atoms with Gasteiger partial charge in [-0.3, -0.25) is 4.68 Å². The summed E-state index contributed by atoms with van der Waals surface area (Å²) in [6.07, 6.45) is 4.54. The van der Waals surface area contributed by atoms with Crippen molar-refractivity contribution in [2.45, 2.75) is 31.5 Å². The summed E-state index contributed by atoms with van der Waals surface area (Å²) in [6.45, 7) is 0.523. The van der Waals surface area contributed by atoms with E-state index >= 15 is 0 Å². The highest BCUT2D eigenvalue weighted by molar-refractivity contribution is 7.91. The molecule has 1 fully saturated rings. The van der Waals surface area contributed by atoms with Crippen molar-refractivity contribution in [3.63, 3.8) is 0 Å². The lowest BCUT2D eigenvalue weighted by Gasteiger charge is -2.32. The minimum Gasteiger partial charge on any atom is -0.329 e. The van der Waals surface area contributed by atoms with Gasteiger partial charge in [0, 0.05) is 25.5 Å². The number of amides is 2. The lowest BCUT2D eigenvalue weighted by molar-refractivity contribution is 0.180. The molecule has 2 aromatic rings. The van der Waals surface area contributed by atoms with Gasteiger partial charge < -0.3 is 10.2 Å². The maximum absolute atomic E-state index is 12.8. The number of carbonyl (C=O) groups is 1. The van der Waals surface area contributed by atoms with E-state index in [-0.39, 0.29) is 29.6 Å². The normalized spacial score (nSPS) is 18.2. The lowest BCUT2D eigenvalue weighted by Crippen LogP contribution is -2.48. The van der Waals surface area contributed by atoms with Crippen molar-refractivity contribution < 1.29 is 13.2 Å². The highest BCUT2D eigenvalue weighted by Gasteiger charge is 2.29. The molecule has 1 saturated heterocycles. The standard InChI is InChI=1S/C18H24N4O3S/c1-21(16-8-12-26(24,25)13-9-16)18(23)20-17(14-22-11-5-10-19-22)15-6-3-2-4-7-15/h2-7,10-11,16-17H,8-9,12-14H2,1H3,(H,20,23)/t17-/m1/s1. The van der Waals surface area contributed by atoms with Crippen molar-refractivity contribution in [3.8, 4) is 0 Å². The summed E-state index contributed by atoms with van der Waals surface area (Å²) in [7, 11) is -1.22. The Balaban J connectivity index is 1.68. The first-order valence-electron chi connectivity index (χ1n) is 8.71. The van der Waals surface area contributed by atoms with Crippen LogP contribution in [0.5, 0.6) is 0 Å². The maximum atomic E-state index is 12.8. The summed E-state index contributed by atoms with van der Waals surface area (Å²) in [5.74, 6) is 0.287. The average molecular weight is 376 g/mol. The Morgan fingerprint density at radius 2 is 1.96 bits per heavy atom. The van der Waals surface area contributed by atoms with Crippen LogP contribution in [-0.2, 0) is 16.4 Å². The van der Waals surface area contributed by atoms with Gasteiger partial charge in [-0.15, -0.1) is 0 Å². The van der Waals surface area contributed by atoms with Gasteiger partial charge in [0.2, 0.25) is 0 Å². The molecule has 0 spiro atoms. The van der Waals surface area contributed by atoms with Gasteiger partial charge in [0.25, 0.3) is 0 Å². The Kier molecular flexibility index (Phi) is 5.61. The Hall–Kier alpha value is -2.35. The summed E-state index contributed by atoms with van der Waals surface area (Å²) in [5, 5.41) is 7.29. The Labute approximate surface area is 153 Å². The van der Waals surface area contributed by atoms with Gasteiger partial charge in [0.15, 0.2) is 0 Å². The summed E-state index contributed by atoms with van der Waals surface area (Å²) >= 11 is 0. The first kappa shape index (κ1) is 18.4. The van der Waals surface area contributed by atoms with Gasteiger partial charge in [0.05, 0.1) is 24.1 Å². The number of rotatable bonds is 5. The molecule has 140 valence electrons. The van der Waals surface area contributed by atoms with Gasteiger partial charge in [-0.25, -0.2) is 13.2 Å². The molecule has 1 atom stereocenters. The average Bonchev–Trinajstić information content (AvgIpc) is 3.14. The SMILES string of the molecule is CN(C(=O)N[C@H](Cn1cccn1)c1ccccc1)C1CCS(=O)(=O)CC1. The molecule has 0 radical (unpaired) electrons. The molecule has 1 N–H and O–H groups in total. The van der Waals surface area contributed by atoms with Crippen LogP contribution in [0.2, 0.25) is 0 Å². The van der Waals surface area contributed by atoms with E-state index in [1.54, 1.807) is 22.8 Å². The Morgan fingerprint density at radius 3 is 2.58 bits per heavy atom. The number of aromatic nitrogens is 2. The van der Waals surface area contributed by atoms with Crippen molar-refractivity contribution in [1.29, 1.82) is 0 Å². The van der Waals surface area contributed by atoms with Crippen molar-refractivity contribution in [2.75, 3.05) is 18.6 Å². The molecule has 7 nitrogen and oxygen atoms in total. The molecule has 1 aromatic carbocycles. The third-order valence-electron chi connectivity index (χ3n) is 4.82. The second-order valence-electron chi connectivity index (χ2n) is 6.63. The van der Waals surface area contributed by atoms with E-state index in [0.717, 1.165) is 5.56 Å². The molecule has 0 aliphatic carbocycles. The number of benzene rings is 1. The molecule has 0 saturated carbocycles. The number of carbonyl (C=O) groups excluding carboxylic acids is 1. The van der Waals surface area contributed by atoms with Crippen LogP contribution in [0.1, 0.15) is 24.4 Å². The zero-order chi connectivity index (χ0) is 18.6. The van der Waals surface area contributed by atoms with E-state index < -0.39 is 9.84 Å². The Morgan fingerprint density at radius 1 is 1.27 bits per heavy atom. The number of sulfone groups is 1. The number of nitrogens with one attached hydrogen (secondary N) is 1. The van der Waals surface area contributed by atoms with E-state index in [2.05, 4.69) is 10.4 Å². The zero-order valence-corrected chi connectivity index (χ0v) is 15.6. The van der Waals surface area contributed by atoms with Crippen molar-refractivity contribution in [1.82, 2.24) is 20.0 Å². The highest BCUT2D eigenvalue weighted by Crippen LogP contribution is 2.19. The minimum absolute atomic E-state index is 0.0559. The number of urea groups is 1. The number of hydrogen-bond acceptors (Lipinski definition) is 4. The second-order valence-corrected chi connectivity index (χ2v) is 8.94. The lowest BCUT2D eigenvalue weighted by atomic mass is 10.1. The molecule has 1 aromatic heterocycles. The highest BCUT2D eigenvalue weighted by atomic mass is 32.2. The monoisotopic (exact) mass is 376 g/mol. The van der Waals surface area contributed by atoms with Crippen LogP contribution in [-0.4, -0.2) is 53.7 Å². The fourth-order valence-electron chi connectivity index (χ4n) is 3.20. The van der Waals surface area contributed by atoms with Gasteiger partial charge in [-0.1, -0.05) is 30.3 Å². The van der Waals surface area contributed by atoms with Crippen molar-refractivity contribution in [2.24, 2.45) is 0 Å². The van der Waals surface area contributed by atoms with Crippen LogP contribution in [0.15, 0.2) is 48.8 Å². The predicted molar refractivity (Wildman–Crippen MR) is 99.4 cm³/mol. The van der Waals surface area contributed by atoms with Crippen LogP contribution >= 0.6 is 0 Å². The molecule has 3 rings (SSSR count). The van der Waals surface area contributed by atoms with Crippen LogP contribution in [0.4, 0.5) is 4.79 Å². The van der Waals surface area contributed by atoms with E-state index in [1.165, 1.54) is 0 Å². The van der Waals surface area contributed by atoms with E-state index in [4.69, 9.17) is 0 Å². The van der Waals surface area contributed by atoms with Crippen LogP contribution in [0.3, 0.4) is 0 Å². The summed E-state index contributed by atoms with van der Waals surface area (Å²) in [4.78, 5) is 14.4. The largest absolute Gasteiger partial charge is 0.329 e. The molecular formula is C18H24N4O3S. The van der Waals surface area contributed by atoms with E-state index in [9.17, 15) is 13.2 Å². The van der Waals surface area contributed by atoms with Gasteiger partial charge in [-0.2, -0.15) is 5.10 Å². The van der Waals surface area contributed by atoms with Gasteiger partial charge in [-0.05, 0) is 24.5 Å². The molecule has 1 aliphatic heterocycles. The number of nitrogens with zero attached hydrogens (tertiary/aromatic N) is 3. The third-order valence-corrected chi connectivity index (χ3v) is 6.54. The molecule has 0 bridgehead atoms. The topological polar surface area (TPSA) is 84.3 Å². The molecule has 26 heavy (non-hydrogen) atoms. The van der Waals surface area contributed by atoms with Crippen LogP contribution in [0.25, 0.3) is 0 Å². The third kappa shape index (κ3) is 4.63. The molecule has 0 unspecified atom stereocenters. The number of hydrogen-bond donors (Lipinski definition) is 1. The van der Waals surface area contributed by atoms with Gasteiger partial charge >= 0.3 is 6.03 Å². The summed E-state index contributed by atoms with van der Waals surface area (Å²) < 4.78 is 25.0. The van der Waals surface area contributed by atoms with Gasteiger partial charge in [0.1, 0.15) is 9.84 Å². The first-order valence-corrected chi connectivity index (χ1v) is 10.5. The summed E-state index contributed by atoms with van der Waals surface area (Å²) in [6, 6.07) is 11.1. The minimum atomic E-state index is -2.95. The molecule has 8 heteroatoms. The fourth-order valence-corrected chi connectivity index (χ4v) is 4.66. The van der Waals surface area contributed by atoms with Crippen molar-refractivity contribution in [3.05, 3.63) is 54.4 Å². The van der Waals surface area contributed by atoms with E-state index in [1.807, 2.05) is 42.6 Å². The smallest absolute Gasteiger partial charge is 0.317 e. The molecular weight excluding hydrogens is 352 g/mol. The Bertz CT molecular complexity index is 807. The molecule has 2 amide bonds.